The van der Waals surface area contributed by atoms with Gasteiger partial charge in [0, 0.05) is 42.7 Å². The number of ether oxygens (including phenoxy) is 1. The number of anilines is 1. The first kappa shape index (κ1) is 22.7. The molecule has 1 aliphatic rings. The van der Waals surface area contributed by atoms with Crippen LogP contribution in [0.3, 0.4) is 0 Å². The van der Waals surface area contributed by atoms with Gasteiger partial charge in [-0.25, -0.2) is 14.4 Å². The summed E-state index contributed by atoms with van der Waals surface area (Å²) in [5.74, 6) is -0.329. The van der Waals surface area contributed by atoms with Gasteiger partial charge in [-0.1, -0.05) is 12.1 Å². The Morgan fingerprint density at radius 2 is 1.76 bits per heavy atom. The second-order valence-corrected chi connectivity index (χ2v) is 8.13. The van der Waals surface area contributed by atoms with Crippen molar-refractivity contribution in [3.8, 4) is 11.3 Å². The zero-order valence-electron chi connectivity index (χ0n) is 19.3. The fourth-order valence-corrected chi connectivity index (χ4v) is 3.77. The molecule has 3 heterocycles. The smallest absolute Gasteiger partial charge is 0.132 e. The lowest BCUT2D eigenvalue weighted by Crippen LogP contribution is -2.36. The molecule has 1 fully saturated rings. The Hall–Kier alpha value is -3.45. The minimum Gasteiger partial charge on any atom is -0.378 e. The van der Waals surface area contributed by atoms with Crippen molar-refractivity contribution in [2.24, 2.45) is 0 Å². The van der Waals surface area contributed by atoms with Crippen molar-refractivity contribution < 1.29 is 9.13 Å². The Bertz CT molecular complexity index is 1190. The van der Waals surface area contributed by atoms with Gasteiger partial charge in [0.2, 0.25) is 0 Å². The molecule has 3 aromatic rings. The number of nitrogens with zero attached hydrogens (tertiary/aromatic N) is 5. The first-order valence-corrected chi connectivity index (χ1v) is 11.1. The zero-order valence-corrected chi connectivity index (χ0v) is 19.3. The molecule has 1 aliphatic heterocycles. The van der Waals surface area contributed by atoms with Crippen molar-refractivity contribution in [2.75, 3.05) is 31.2 Å². The summed E-state index contributed by atoms with van der Waals surface area (Å²) in [5.41, 5.74) is 6.38. The normalized spacial score (nSPS) is 13.5. The number of hydrogen-bond acceptors (Lipinski definition) is 6. The van der Waals surface area contributed by atoms with Gasteiger partial charge in [0.25, 0.3) is 0 Å². The van der Waals surface area contributed by atoms with Gasteiger partial charge in [-0.2, -0.15) is 0 Å². The van der Waals surface area contributed by atoms with Crippen LogP contribution in [0.15, 0.2) is 55.0 Å². The van der Waals surface area contributed by atoms with Crippen molar-refractivity contribution in [3.63, 3.8) is 0 Å². The molecule has 4 rings (SSSR count). The summed E-state index contributed by atoms with van der Waals surface area (Å²) in [7, 11) is 0. The number of benzene rings is 1. The van der Waals surface area contributed by atoms with Gasteiger partial charge in [0.15, 0.2) is 0 Å². The molecule has 0 bridgehead atoms. The van der Waals surface area contributed by atoms with E-state index in [0.717, 1.165) is 47.1 Å². The molecule has 7 heteroatoms. The van der Waals surface area contributed by atoms with E-state index in [9.17, 15) is 4.39 Å². The first-order chi connectivity index (χ1) is 16.0. The maximum absolute atomic E-state index is 14.9. The highest BCUT2D eigenvalue weighted by Gasteiger charge is 2.12. The third-order valence-electron chi connectivity index (χ3n) is 5.56. The second kappa shape index (κ2) is 10.4. The van der Waals surface area contributed by atoms with Gasteiger partial charge in [-0.3, -0.25) is 9.97 Å². The molecule has 0 aliphatic carbocycles. The fraction of sp³-hybridized carbons (Fsp3) is 0.308. The molecule has 33 heavy (non-hydrogen) atoms. The van der Waals surface area contributed by atoms with Crippen LogP contribution >= 0.6 is 0 Å². The molecule has 0 unspecified atom stereocenters. The minimum atomic E-state index is -0.329. The molecule has 6 nitrogen and oxygen atoms in total. The minimum absolute atomic E-state index is 0.329. The highest BCUT2D eigenvalue weighted by atomic mass is 19.1. The highest BCUT2D eigenvalue weighted by molar-refractivity contribution is 5.61. The van der Waals surface area contributed by atoms with E-state index in [2.05, 4.69) is 24.8 Å². The Morgan fingerprint density at radius 3 is 2.58 bits per heavy atom. The maximum atomic E-state index is 14.9. The van der Waals surface area contributed by atoms with Crippen LogP contribution in [-0.4, -0.2) is 46.2 Å². The lowest BCUT2D eigenvalue weighted by molar-refractivity contribution is 0.122. The molecule has 0 amide bonds. The van der Waals surface area contributed by atoms with Crippen molar-refractivity contribution in [1.82, 2.24) is 19.9 Å². The largest absolute Gasteiger partial charge is 0.378 e. The quantitative estimate of drug-likeness (QED) is 0.587. The first-order valence-electron chi connectivity index (χ1n) is 11.1. The summed E-state index contributed by atoms with van der Waals surface area (Å²) >= 11 is 0. The lowest BCUT2D eigenvalue weighted by Gasteiger charge is -2.28. The van der Waals surface area contributed by atoms with Crippen LogP contribution in [0.25, 0.3) is 11.3 Å². The predicted molar refractivity (Wildman–Crippen MR) is 127 cm³/mol. The standard InChI is InChI=1S/C26H28FN5O/c1-18-13-22(32-9-11-33-12-10-32)5-4-6-25(30-17-29-18)23-14-21(7-8-24(23)27)15-26-20(3)28-16-19(2)31-26/h4-8,13-14,16-17H,9-12,15H2,1-3H3. The van der Waals surface area contributed by atoms with E-state index in [0.29, 0.717) is 30.9 Å². The Kier molecular flexibility index (Phi) is 7.19. The van der Waals surface area contributed by atoms with Gasteiger partial charge >= 0.3 is 0 Å². The number of aromatic nitrogens is 4. The summed E-state index contributed by atoms with van der Waals surface area (Å²) in [6, 6.07) is 12.9. The van der Waals surface area contributed by atoms with Crippen LogP contribution in [0.2, 0.25) is 0 Å². The molecule has 1 saturated heterocycles. The van der Waals surface area contributed by atoms with E-state index in [1.54, 1.807) is 12.3 Å². The molecule has 0 N–H and O–H groups in total. The van der Waals surface area contributed by atoms with Crippen LogP contribution in [0, 0.1) is 26.6 Å². The van der Waals surface area contributed by atoms with Gasteiger partial charge in [-0.05, 0) is 56.7 Å². The van der Waals surface area contributed by atoms with E-state index in [1.165, 1.54) is 12.4 Å². The molecule has 0 saturated carbocycles. The van der Waals surface area contributed by atoms with E-state index in [4.69, 9.17) is 4.74 Å². The average Bonchev–Trinajstić information content (AvgIpc) is 2.82. The number of aryl methyl sites for hydroxylation is 3. The van der Waals surface area contributed by atoms with Crippen LogP contribution in [0.1, 0.15) is 28.3 Å². The van der Waals surface area contributed by atoms with E-state index in [-0.39, 0.29) is 5.82 Å². The van der Waals surface area contributed by atoms with Crippen LogP contribution in [-0.2, 0) is 11.2 Å². The lowest BCUT2D eigenvalue weighted by atomic mass is 10.0. The van der Waals surface area contributed by atoms with Crippen molar-refractivity contribution in [2.45, 2.75) is 27.2 Å². The van der Waals surface area contributed by atoms with Gasteiger partial charge in [-0.15, -0.1) is 0 Å². The molecule has 0 radical (unpaired) electrons. The van der Waals surface area contributed by atoms with Crippen LogP contribution < -0.4 is 4.90 Å². The van der Waals surface area contributed by atoms with Gasteiger partial charge in [0.1, 0.15) is 12.1 Å². The summed E-state index contributed by atoms with van der Waals surface area (Å²) in [6.07, 6.45) is 3.81. The number of rotatable bonds is 4. The highest BCUT2D eigenvalue weighted by Crippen LogP contribution is 2.23. The maximum Gasteiger partial charge on any atom is 0.132 e. The zero-order chi connectivity index (χ0) is 23.2. The van der Waals surface area contributed by atoms with E-state index >= 15 is 0 Å². The fourth-order valence-electron chi connectivity index (χ4n) is 3.77. The third-order valence-corrected chi connectivity index (χ3v) is 5.56. The van der Waals surface area contributed by atoms with E-state index in [1.807, 2.05) is 51.1 Å². The number of morpholine rings is 1. The van der Waals surface area contributed by atoms with Crippen molar-refractivity contribution >= 4 is 5.69 Å². The van der Waals surface area contributed by atoms with Gasteiger partial charge in [0.05, 0.1) is 36.0 Å². The molecule has 1 aromatic carbocycles. The van der Waals surface area contributed by atoms with E-state index < -0.39 is 0 Å². The molecule has 2 aromatic heterocycles. The average molecular weight is 446 g/mol. The Labute approximate surface area is 193 Å². The monoisotopic (exact) mass is 445 g/mol. The summed E-state index contributed by atoms with van der Waals surface area (Å²) in [4.78, 5) is 20.1. The van der Waals surface area contributed by atoms with Crippen molar-refractivity contribution in [1.29, 1.82) is 0 Å². The molecule has 0 spiro atoms. The second-order valence-electron chi connectivity index (χ2n) is 8.13. The molecule has 0 atom stereocenters. The SMILES string of the molecule is Cc1cc(N2CCOCC2)cccc(-c2cc(Cc3nc(C)cnc3C)ccc2F)ncn1. The van der Waals surface area contributed by atoms with Crippen molar-refractivity contribution in [3.05, 3.63) is 89.1 Å². The summed E-state index contributed by atoms with van der Waals surface area (Å²) < 4.78 is 20.3. The third kappa shape index (κ3) is 5.87. The predicted octanol–water partition coefficient (Wildman–Crippen LogP) is 4.55. The molecular formula is C26H28FN5O. The molecular weight excluding hydrogens is 417 g/mol. The molecule has 170 valence electrons. The summed E-state index contributed by atoms with van der Waals surface area (Å²) in [6.45, 7) is 8.83. The number of hydrogen-bond donors (Lipinski definition) is 0. The number of halogens is 1. The Balaban J connectivity index is 1.71. The van der Waals surface area contributed by atoms with Crippen LogP contribution in [0.4, 0.5) is 10.1 Å². The Morgan fingerprint density at radius 1 is 0.939 bits per heavy atom. The van der Waals surface area contributed by atoms with Gasteiger partial charge < -0.3 is 9.64 Å². The topological polar surface area (TPSA) is 64.0 Å². The van der Waals surface area contributed by atoms with Crippen LogP contribution in [0.5, 0.6) is 0 Å². The summed E-state index contributed by atoms with van der Waals surface area (Å²) in [5, 5.41) is 0.